The number of allylic oxidation sites excluding steroid dienone is 1. The van der Waals surface area contributed by atoms with Crippen molar-refractivity contribution in [2.45, 2.75) is 40.0 Å². The third-order valence-electron chi connectivity index (χ3n) is 0.891. The first-order chi connectivity index (χ1) is 5.33. The van der Waals surface area contributed by atoms with Crippen LogP contribution in [0.15, 0.2) is 12.2 Å². The Morgan fingerprint density at radius 3 is 2.00 bits per heavy atom. The van der Waals surface area contributed by atoms with Crippen LogP contribution in [-0.4, -0.2) is 13.7 Å². The first-order valence-electron chi connectivity index (χ1n) is 4.47. The highest BCUT2D eigenvalue weighted by Crippen LogP contribution is 1.85. The molecule has 0 saturated carbocycles. The van der Waals surface area contributed by atoms with E-state index < -0.39 is 0 Å². The molecule has 0 spiro atoms. The van der Waals surface area contributed by atoms with E-state index in [-0.39, 0.29) is 0 Å². The van der Waals surface area contributed by atoms with Gasteiger partial charge in [0.2, 0.25) is 0 Å². The lowest BCUT2D eigenvalue weighted by Crippen LogP contribution is -1.82. The quantitative estimate of drug-likeness (QED) is 0.450. The van der Waals surface area contributed by atoms with Gasteiger partial charge < -0.3 is 4.74 Å². The van der Waals surface area contributed by atoms with E-state index in [2.05, 4.69) is 32.9 Å². The molecule has 0 amide bonds. The van der Waals surface area contributed by atoms with E-state index >= 15 is 0 Å². The molecular weight excluding hydrogens is 136 g/mol. The van der Waals surface area contributed by atoms with Crippen LogP contribution in [0.25, 0.3) is 0 Å². The lowest BCUT2D eigenvalue weighted by atomic mass is 10.3. The highest BCUT2D eigenvalue weighted by atomic mass is 16.5. The summed E-state index contributed by atoms with van der Waals surface area (Å²) in [6.45, 7) is 7.22. The van der Waals surface area contributed by atoms with Gasteiger partial charge in [-0.2, -0.15) is 0 Å². The molecule has 1 nitrogen and oxygen atoms in total. The fraction of sp³-hybridized carbons (Fsp3) is 0.800. The molecule has 0 aromatic carbocycles. The normalized spacial score (nSPS) is 9.45. The van der Waals surface area contributed by atoms with Gasteiger partial charge >= 0.3 is 0 Å². The average molecular weight is 158 g/mol. The van der Waals surface area contributed by atoms with Gasteiger partial charge in [-0.05, 0) is 12.8 Å². The van der Waals surface area contributed by atoms with Crippen molar-refractivity contribution >= 4 is 0 Å². The minimum atomic E-state index is 0.844. The summed E-state index contributed by atoms with van der Waals surface area (Å²) in [4.78, 5) is 0. The van der Waals surface area contributed by atoms with Gasteiger partial charge in [-0.15, -0.1) is 0 Å². The molecule has 0 rings (SSSR count). The Balaban J connectivity index is 0. The Labute approximate surface area is 71.5 Å². The van der Waals surface area contributed by atoms with Gasteiger partial charge in [-0.25, -0.2) is 0 Å². The van der Waals surface area contributed by atoms with Crippen molar-refractivity contribution in [3.63, 3.8) is 0 Å². The molecule has 0 aromatic heterocycles. The molecule has 0 unspecified atom stereocenters. The molecule has 0 N–H and O–H groups in total. The molecule has 68 valence electrons. The highest BCUT2D eigenvalue weighted by molar-refractivity contribution is 4.79. The summed E-state index contributed by atoms with van der Waals surface area (Å²) in [6, 6.07) is 0. The number of ether oxygens (including phenoxy) is 1. The minimum absolute atomic E-state index is 0.844. The zero-order valence-corrected chi connectivity index (χ0v) is 8.39. The van der Waals surface area contributed by atoms with Gasteiger partial charge in [-0.3, -0.25) is 0 Å². The third-order valence-corrected chi connectivity index (χ3v) is 0.891. The lowest BCUT2D eigenvalue weighted by molar-refractivity contribution is 0.204. The molecule has 0 bridgehead atoms. The van der Waals surface area contributed by atoms with Crippen molar-refractivity contribution in [2.75, 3.05) is 13.7 Å². The summed E-state index contributed by atoms with van der Waals surface area (Å²) in [6.07, 6.45) is 7.72. The first-order valence-corrected chi connectivity index (χ1v) is 4.47. The maximum absolute atomic E-state index is 4.84. The van der Waals surface area contributed by atoms with E-state index in [0.29, 0.717) is 0 Å². The zero-order valence-electron chi connectivity index (χ0n) is 8.39. The summed E-state index contributed by atoms with van der Waals surface area (Å²) < 4.78 is 4.84. The van der Waals surface area contributed by atoms with E-state index in [0.717, 1.165) is 19.4 Å². The van der Waals surface area contributed by atoms with Crippen LogP contribution in [0.5, 0.6) is 0 Å². The third kappa shape index (κ3) is 26.0. The molecule has 0 saturated heterocycles. The van der Waals surface area contributed by atoms with Crippen LogP contribution in [0.2, 0.25) is 0 Å². The lowest BCUT2D eigenvalue weighted by Gasteiger charge is -1.88. The van der Waals surface area contributed by atoms with Crippen LogP contribution in [0.4, 0.5) is 0 Å². The molecular formula is C10H22O. The van der Waals surface area contributed by atoms with Gasteiger partial charge in [0.25, 0.3) is 0 Å². The van der Waals surface area contributed by atoms with Crippen molar-refractivity contribution in [1.82, 2.24) is 0 Å². The summed E-state index contributed by atoms with van der Waals surface area (Å²) in [5, 5.41) is 0. The van der Waals surface area contributed by atoms with Gasteiger partial charge in [-0.1, -0.05) is 39.3 Å². The van der Waals surface area contributed by atoms with Crippen LogP contribution >= 0.6 is 0 Å². The maximum atomic E-state index is 4.84. The fourth-order valence-electron chi connectivity index (χ4n) is 0.470. The fourth-order valence-corrected chi connectivity index (χ4v) is 0.470. The second kappa shape index (κ2) is 16.4. The average Bonchev–Trinajstić information content (AvgIpc) is 2.00. The second-order valence-electron chi connectivity index (χ2n) is 2.37. The molecule has 0 aliphatic rings. The highest BCUT2D eigenvalue weighted by Gasteiger charge is 1.73. The largest absolute Gasteiger partial charge is 0.384 e. The van der Waals surface area contributed by atoms with Crippen molar-refractivity contribution < 1.29 is 4.74 Å². The Kier molecular flexibility index (Phi) is 19.8. The van der Waals surface area contributed by atoms with Crippen LogP contribution in [-0.2, 0) is 4.74 Å². The summed E-state index contributed by atoms with van der Waals surface area (Å²) >= 11 is 0. The van der Waals surface area contributed by atoms with Crippen LogP contribution < -0.4 is 0 Å². The Hall–Kier alpha value is -0.300. The van der Waals surface area contributed by atoms with E-state index in [1.165, 1.54) is 6.42 Å². The van der Waals surface area contributed by atoms with Gasteiger partial charge in [0.05, 0.1) is 0 Å². The smallest absolute Gasteiger partial charge is 0.0496 e. The van der Waals surface area contributed by atoms with Gasteiger partial charge in [0, 0.05) is 13.7 Å². The zero-order chi connectivity index (χ0) is 8.95. The molecule has 0 aromatic rings. The second-order valence-corrected chi connectivity index (χ2v) is 2.37. The van der Waals surface area contributed by atoms with E-state index in [9.17, 15) is 0 Å². The topological polar surface area (TPSA) is 9.23 Å². The molecule has 0 heterocycles. The molecule has 0 atom stereocenters. The monoisotopic (exact) mass is 158 g/mol. The van der Waals surface area contributed by atoms with Crippen LogP contribution in [0.1, 0.15) is 40.0 Å². The summed E-state index contributed by atoms with van der Waals surface area (Å²) in [5.41, 5.74) is 0. The Morgan fingerprint density at radius 2 is 1.64 bits per heavy atom. The summed E-state index contributed by atoms with van der Waals surface area (Å²) in [7, 11) is 1.72. The standard InChI is InChI=1S/C7H14O.C3H8/c1-3-4-5-6-7-8-2;1-3-2/h4-5H,3,6-7H2,1-2H3;3H2,1-2H3/b5-4-;. The van der Waals surface area contributed by atoms with E-state index in [1.54, 1.807) is 7.11 Å². The SMILES string of the molecule is CC/C=C\CCOC.CCC. The summed E-state index contributed by atoms with van der Waals surface area (Å²) in [5.74, 6) is 0. The van der Waals surface area contributed by atoms with E-state index in [1.807, 2.05) is 0 Å². The Bertz CT molecular complexity index is 67.3. The van der Waals surface area contributed by atoms with Crippen molar-refractivity contribution in [3.8, 4) is 0 Å². The molecule has 0 fully saturated rings. The first kappa shape index (κ1) is 13.3. The predicted molar refractivity (Wildman–Crippen MR) is 51.9 cm³/mol. The number of hydrogen-bond acceptors (Lipinski definition) is 1. The molecule has 0 aliphatic heterocycles. The molecule has 1 heteroatoms. The predicted octanol–water partition coefficient (Wildman–Crippen LogP) is 3.41. The Morgan fingerprint density at radius 1 is 1.09 bits per heavy atom. The number of rotatable bonds is 4. The molecule has 0 aliphatic carbocycles. The van der Waals surface area contributed by atoms with Crippen LogP contribution in [0, 0.1) is 0 Å². The van der Waals surface area contributed by atoms with Crippen molar-refractivity contribution in [2.24, 2.45) is 0 Å². The van der Waals surface area contributed by atoms with Crippen molar-refractivity contribution in [3.05, 3.63) is 12.2 Å². The minimum Gasteiger partial charge on any atom is -0.384 e. The van der Waals surface area contributed by atoms with Crippen molar-refractivity contribution in [1.29, 1.82) is 0 Å². The molecule has 11 heavy (non-hydrogen) atoms. The van der Waals surface area contributed by atoms with E-state index in [4.69, 9.17) is 4.74 Å². The molecule has 0 radical (unpaired) electrons. The maximum Gasteiger partial charge on any atom is 0.0496 e. The number of methoxy groups -OCH3 is 1. The van der Waals surface area contributed by atoms with Gasteiger partial charge in [0.1, 0.15) is 0 Å². The van der Waals surface area contributed by atoms with Crippen LogP contribution in [0.3, 0.4) is 0 Å². The number of hydrogen-bond donors (Lipinski definition) is 0. The van der Waals surface area contributed by atoms with Gasteiger partial charge in [0.15, 0.2) is 0 Å².